The molecule has 0 bridgehead atoms. The molecule has 3 heteroatoms. The van der Waals surface area contributed by atoms with Gasteiger partial charge in [0.05, 0.1) is 0 Å². The van der Waals surface area contributed by atoms with Crippen LogP contribution in [-0.4, -0.2) is 11.6 Å². The van der Waals surface area contributed by atoms with Crippen LogP contribution in [0.5, 0.6) is 0 Å². The molecule has 0 fully saturated rings. The number of hydrogen-bond donors (Lipinski definition) is 0. The number of halogens is 1. The van der Waals surface area contributed by atoms with Gasteiger partial charge in [-0.2, -0.15) is 0 Å². The van der Waals surface area contributed by atoms with E-state index >= 15 is 0 Å². The normalized spacial score (nSPS) is 14.5. The number of carbonyl (C=O) groups is 2. The third kappa shape index (κ3) is 5.01. The monoisotopic (exact) mass is 518 g/mol. The summed E-state index contributed by atoms with van der Waals surface area (Å²) in [6.45, 7) is 0. The van der Waals surface area contributed by atoms with Gasteiger partial charge in [0.25, 0.3) is 0 Å². The minimum absolute atomic E-state index is 0.0400. The van der Waals surface area contributed by atoms with E-state index in [4.69, 9.17) is 0 Å². The number of rotatable bonds is 6. The molecule has 0 spiro atoms. The van der Waals surface area contributed by atoms with Gasteiger partial charge in [-0.05, 0) is 46.0 Å². The van der Waals surface area contributed by atoms with E-state index < -0.39 is 0 Å². The third-order valence-corrected chi connectivity index (χ3v) is 6.82. The fourth-order valence-electron chi connectivity index (χ4n) is 4.48. The van der Waals surface area contributed by atoms with Crippen LogP contribution in [-0.2, 0) is 6.42 Å². The molecule has 0 heterocycles. The highest BCUT2D eigenvalue weighted by Gasteiger charge is 2.27. The number of Topliss-reactive ketones (excluding diaryl/α,β-unsaturated/α-hetero) is 2. The van der Waals surface area contributed by atoms with Crippen LogP contribution in [0, 0.1) is 0 Å². The summed E-state index contributed by atoms with van der Waals surface area (Å²) in [7, 11) is 0. The predicted octanol–water partition coefficient (Wildman–Crippen LogP) is 8.00. The second-order valence-corrected chi connectivity index (χ2v) is 9.48. The maximum absolute atomic E-state index is 13.5. The van der Waals surface area contributed by atoms with Crippen LogP contribution in [0.4, 0.5) is 0 Å². The minimum atomic E-state index is 0.0400. The highest BCUT2D eigenvalue weighted by atomic mass is 79.9. The van der Waals surface area contributed by atoms with E-state index in [1.807, 2.05) is 115 Å². The van der Waals surface area contributed by atoms with Gasteiger partial charge < -0.3 is 0 Å². The van der Waals surface area contributed by atoms with Gasteiger partial charge in [0.2, 0.25) is 0 Å². The van der Waals surface area contributed by atoms with Gasteiger partial charge in [-0.25, -0.2) is 0 Å². The number of ketones is 2. The van der Waals surface area contributed by atoms with E-state index in [2.05, 4.69) is 15.9 Å². The molecular weight excluding hydrogens is 496 g/mol. The zero-order valence-electron chi connectivity index (χ0n) is 19.1. The fraction of sp³-hybridized carbons (Fsp3) is 0.0625. The Bertz CT molecular complexity index is 1450. The smallest absolute Gasteiger partial charge is 0.190 e. The first-order valence-electron chi connectivity index (χ1n) is 11.6. The Morgan fingerprint density at radius 3 is 1.97 bits per heavy atom. The topological polar surface area (TPSA) is 34.1 Å². The largest absolute Gasteiger partial charge is 0.294 e. The zero-order chi connectivity index (χ0) is 24.2. The standard InChI is InChI=1S/C32H23BrO2/c33-27-17-15-22(16-18-27)26(21-31(34)24-11-5-2-6-12-24)20-29(23-9-3-1-4-10-23)30-19-25-13-7-8-14-28(25)32(30)35/h1-18,20H,19,21H2/b26-20+,30-29+. The van der Waals surface area contributed by atoms with E-state index in [0.29, 0.717) is 12.0 Å². The summed E-state index contributed by atoms with van der Waals surface area (Å²) in [5, 5.41) is 0. The Morgan fingerprint density at radius 2 is 1.31 bits per heavy atom. The number of hydrogen-bond acceptors (Lipinski definition) is 2. The molecule has 170 valence electrons. The van der Waals surface area contributed by atoms with Crippen LogP contribution in [0.2, 0.25) is 0 Å². The molecule has 4 aromatic carbocycles. The first-order chi connectivity index (χ1) is 17.1. The molecule has 0 unspecified atom stereocenters. The molecule has 0 atom stereocenters. The van der Waals surface area contributed by atoms with Gasteiger partial charge in [-0.15, -0.1) is 0 Å². The molecule has 2 nitrogen and oxygen atoms in total. The van der Waals surface area contributed by atoms with E-state index in [1.165, 1.54) is 0 Å². The first kappa shape index (κ1) is 22.9. The Kier molecular flexibility index (Phi) is 6.69. The van der Waals surface area contributed by atoms with Crippen molar-refractivity contribution in [2.24, 2.45) is 0 Å². The molecule has 5 rings (SSSR count). The lowest BCUT2D eigenvalue weighted by molar-refractivity contribution is 0.0997. The fourth-order valence-corrected chi connectivity index (χ4v) is 4.75. The summed E-state index contributed by atoms with van der Waals surface area (Å²) >= 11 is 3.51. The van der Waals surface area contributed by atoms with Crippen LogP contribution < -0.4 is 0 Å². The lowest BCUT2D eigenvalue weighted by Crippen LogP contribution is -2.03. The molecule has 35 heavy (non-hydrogen) atoms. The summed E-state index contributed by atoms with van der Waals surface area (Å²) in [6.07, 6.45) is 2.85. The first-order valence-corrected chi connectivity index (χ1v) is 12.4. The number of allylic oxidation sites excluding steroid dienone is 4. The Labute approximate surface area is 213 Å². The molecule has 1 aliphatic carbocycles. The third-order valence-electron chi connectivity index (χ3n) is 6.29. The van der Waals surface area contributed by atoms with Crippen molar-refractivity contribution in [2.75, 3.05) is 0 Å². The lowest BCUT2D eigenvalue weighted by Gasteiger charge is -2.13. The van der Waals surface area contributed by atoms with Crippen molar-refractivity contribution in [3.05, 3.63) is 153 Å². The van der Waals surface area contributed by atoms with Gasteiger partial charge in [0.1, 0.15) is 0 Å². The molecule has 0 amide bonds. The molecular formula is C32H23BrO2. The molecule has 0 aromatic heterocycles. The number of benzene rings is 4. The molecule has 4 aromatic rings. The van der Waals surface area contributed by atoms with Crippen molar-refractivity contribution in [1.29, 1.82) is 0 Å². The number of fused-ring (bicyclic) bond motifs is 1. The summed E-state index contributed by atoms with van der Waals surface area (Å²) < 4.78 is 0.970. The van der Waals surface area contributed by atoms with Gasteiger partial charge in [0, 0.05) is 34.0 Å². The van der Waals surface area contributed by atoms with Crippen molar-refractivity contribution in [3.63, 3.8) is 0 Å². The summed E-state index contributed by atoms with van der Waals surface area (Å²) in [4.78, 5) is 26.7. The molecule has 0 saturated heterocycles. The maximum atomic E-state index is 13.5. The van der Waals surface area contributed by atoms with Crippen molar-refractivity contribution >= 4 is 38.6 Å². The maximum Gasteiger partial charge on any atom is 0.190 e. The molecule has 0 radical (unpaired) electrons. The molecule has 0 N–H and O–H groups in total. The van der Waals surface area contributed by atoms with Crippen LogP contribution in [0.3, 0.4) is 0 Å². The minimum Gasteiger partial charge on any atom is -0.294 e. The molecule has 0 saturated carbocycles. The summed E-state index contributed by atoms with van der Waals surface area (Å²) in [6, 6.07) is 35.1. The van der Waals surface area contributed by atoms with Crippen molar-refractivity contribution in [2.45, 2.75) is 12.8 Å². The molecule has 0 aliphatic heterocycles. The highest BCUT2D eigenvalue weighted by molar-refractivity contribution is 9.10. The lowest BCUT2D eigenvalue weighted by atomic mass is 9.90. The SMILES string of the molecule is O=C(C/C(=C\C(=C1\Cc2ccccc2C1=O)c1ccccc1)c1ccc(Br)cc1)c1ccccc1. The second-order valence-electron chi connectivity index (χ2n) is 8.56. The average Bonchev–Trinajstić information content (AvgIpc) is 3.24. The Morgan fingerprint density at radius 1 is 0.714 bits per heavy atom. The second kappa shape index (κ2) is 10.2. The summed E-state index contributed by atoms with van der Waals surface area (Å²) in [5.41, 5.74) is 6.90. The zero-order valence-corrected chi connectivity index (χ0v) is 20.7. The molecule has 1 aliphatic rings. The van der Waals surface area contributed by atoms with Gasteiger partial charge in [-0.1, -0.05) is 113 Å². The Balaban J connectivity index is 1.66. The van der Waals surface area contributed by atoms with Crippen molar-refractivity contribution in [3.8, 4) is 0 Å². The van der Waals surface area contributed by atoms with Gasteiger partial charge in [-0.3, -0.25) is 9.59 Å². The van der Waals surface area contributed by atoms with Crippen LogP contribution in [0.15, 0.2) is 125 Å². The van der Waals surface area contributed by atoms with E-state index in [1.54, 1.807) is 0 Å². The van der Waals surface area contributed by atoms with Gasteiger partial charge in [0.15, 0.2) is 11.6 Å². The number of carbonyl (C=O) groups excluding carboxylic acids is 2. The Hall–Kier alpha value is -3.82. The van der Waals surface area contributed by atoms with E-state index in [0.717, 1.165) is 43.4 Å². The van der Waals surface area contributed by atoms with Crippen LogP contribution >= 0.6 is 15.9 Å². The van der Waals surface area contributed by atoms with Crippen LogP contribution in [0.25, 0.3) is 11.1 Å². The highest BCUT2D eigenvalue weighted by Crippen LogP contribution is 2.35. The van der Waals surface area contributed by atoms with E-state index in [9.17, 15) is 9.59 Å². The average molecular weight is 519 g/mol. The van der Waals surface area contributed by atoms with Gasteiger partial charge >= 0.3 is 0 Å². The van der Waals surface area contributed by atoms with Crippen LogP contribution in [0.1, 0.15) is 43.8 Å². The van der Waals surface area contributed by atoms with Crippen molar-refractivity contribution < 1.29 is 9.59 Å². The predicted molar refractivity (Wildman–Crippen MR) is 145 cm³/mol. The quantitative estimate of drug-likeness (QED) is 0.191. The van der Waals surface area contributed by atoms with Crippen molar-refractivity contribution in [1.82, 2.24) is 0 Å². The summed E-state index contributed by atoms with van der Waals surface area (Å²) in [5.74, 6) is 0.0958. The van der Waals surface area contributed by atoms with E-state index in [-0.39, 0.29) is 18.0 Å².